The second-order valence-electron chi connectivity index (χ2n) is 5.89. The van der Waals surface area contributed by atoms with Gasteiger partial charge in [-0.25, -0.2) is 9.78 Å². The maximum absolute atomic E-state index is 12.6. The lowest BCUT2D eigenvalue weighted by Crippen LogP contribution is -2.44. The van der Waals surface area contributed by atoms with Crippen LogP contribution >= 0.6 is 11.3 Å². The number of ether oxygens (including phenoxy) is 1. The molecule has 3 heterocycles. The van der Waals surface area contributed by atoms with E-state index in [9.17, 15) is 4.79 Å². The van der Waals surface area contributed by atoms with Gasteiger partial charge in [0, 0.05) is 24.0 Å². The van der Waals surface area contributed by atoms with Gasteiger partial charge in [0.25, 0.3) is 0 Å². The zero-order valence-corrected chi connectivity index (χ0v) is 13.6. The lowest BCUT2D eigenvalue weighted by atomic mass is 10.2. The molecule has 23 heavy (non-hydrogen) atoms. The molecule has 1 saturated heterocycles. The molecule has 1 unspecified atom stereocenters. The molecule has 4 rings (SSSR count). The Labute approximate surface area is 137 Å². The van der Waals surface area contributed by atoms with Crippen molar-refractivity contribution in [3.8, 4) is 0 Å². The van der Waals surface area contributed by atoms with Gasteiger partial charge in [-0.2, -0.15) is 0 Å². The molecule has 0 aromatic carbocycles. The number of anilines is 1. The SMILES string of the molecule is Cc1noc(C2CC2)c1NC(=O)N1CCOC(c2nccs2)C1. The van der Waals surface area contributed by atoms with E-state index >= 15 is 0 Å². The molecule has 2 amide bonds. The number of nitrogens with one attached hydrogen (secondary N) is 1. The molecule has 1 aliphatic heterocycles. The molecule has 1 N–H and O–H groups in total. The van der Waals surface area contributed by atoms with E-state index in [0.717, 1.165) is 35.0 Å². The molecule has 0 bridgehead atoms. The molecule has 1 atom stereocenters. The Bertz CT molecular complexity index is 696. The third-order valence-corrected chi connectivity index (χ3v) is 5.02. The van der Waals surface area contributed by atoms with Gasteiger partial charge < -0.3 is 19.5 Å². The standard InChI is InChI=1S/C15H18N4O3S/c1-9-12(13(22-18-9)10-2-3-10)17-15(20)19-5-6-21-11(8-19)14-16-4-7-23-14/h4,7,10-11H,2-3,5-6,8H2,1H3,(H,17,20). The zero-order chi connectivity index (χ0) is 15.8. The predicted octanol–water partition coefficient (Wildman–Crippen LogP) is 2.92. The van der Waals surface area contributed by atoms with Crippen molar-refractivity contribution >= 4 is 23.1 Å². The number of aryl methyl sites for hydroxylation is 1. The summed E-state index contributed by atoms with van der Waals surface area (Å²) in [4.78, 5) is 18.6. The van der Waals surface area contributed by atoms with Crippen LogP contribution in [0.4, 0.5) is 10.5 Å². The zero-order valence-electron chi connectivity index (χ0n) is 12.8. The van der Waals surface area contributed by atoms with Gasteiger partial charge in [-0.3, -0.25) is 0 Å². The fraction of sp³-hybridized carbons (Fsp3) is 0.533. The van der Waals surface area contributed by atoms with Crippen molar-refractivity contribution in [3.63, 3.8) is 0 Å². The Morgan fingerprint density at radius 1 is 1.48 bits per heavy atom. The minimum Gasteiger partial charge on any atom is -0.367 e. The van der Waals surface area contributed by atoms with Crippen LogP contribution in [0, 0.1) is 6.92 Å². The second-order valence-corrected chi connectivity index (χ2v) is 6.81. The van der Waals surface area contributed by atoms with Crippen LogP contribution in [0.25, 0.3) is 0 Å². The van der Waals surface area contributed by atoms with Gasteiger partial charge in [0.05, 0.1) is 13.2 Å². The van der Waals surface area contributed by atoms with Crippen molar-refractivity contribution in [2.45, 2.75) is 31.8 Å². The smallest absolute Gasteiger partial charge is 0.322 e. The van der Waals surface area contributed by atoms with E-state index in [1.807, 2.05) is 12.3 Å². The summed E-state index contributed by atoms with van der Waals surface area (Å²) in [7, 11) is 0. The van der Waals surface area contributed by atoms with Gasteiger partial charge in [-0.1, -0.05) is 5.16 Å². The van der Waals surface area contributed by atoms with Crippen LogP contribution in [0.1, 0.15) is 41.3 Å². The molecular formula is C15H18N4O3S. The second kappa shape index (κ2) is 5.93. The highest BCUT2D eigenvalue weighted by Gasteiger charge is 2.33. The first-order valence-corrected chi connectivity index (χ1v) is 8.63. The molecule has 7 nitrogen and oxygen atoms in total. The predicted molar refractivity (Wildman–Crippen MR) is 84.6 cm³/mol. The first-order valence-electron chi connectivity index (χ1n) is 7.75. The summed E-state index contributed by atoms with van der Waals surface area (Å²) in [5.41, 5.74) is 1.46. The Hall–Kier alpha value is -1.93. The summed E-state index contributed by atoms with van der Waals surface area (Å²) in [6, 6.07) is -0.136. The van der Waals surface area contributed by atoms with Gasteiger partial charge >= 0.3 is 6.03 Å². The maximum atomic E-state index is 12.6. The molecule has 2 aromatic heterocycles. The number of hydrogen-bond acceptors (Lipinski definition) is 6. The van der Waals surface area contributed by atoms with Gasteiger partial charge in [0.2, 0.25) is 0 Å². The van der Waals surface area contributed by atoms with Crippen LogP contribution in [-0.2, 0) is 4.74 Å². The molecule has 2 aromatic rings. The number of aromatic nitrogens is 2. The van der Waals surface area contributed by atoms with Crippen molar-refractivity contribution in [1.82, 2.24) is 15.0 Å². The number of nitrogens with zero attached hydrogens (tertiary/aromatic N) is 3. The van der Waals surface area contributed by atoms with E-state index in [2.05, 4.69) is 15.5 Å². The van der Waals surface area contributed by atoms with Crippen molar-refractivity contribution in [3.05, 3.63) is 28.0 Å². The van der Waals surface area contributed by atoms with Gasteiger partial charge in [-0.15, -0.1) is 11.3 Å². The van der Waals surface area contributed by atoms with Crippen LogP contribution in [-0.4, -0.2) is 40.8 Å². The Morgan fingerprint density at radius 2 is 2.35 bits per heavy atom. The van der Waals surface area contributed by atoms with E-state index in [-0.39, 0.29) is 12.1 Å². The molecule has 2 fully saturated rings. The highest BCUT2D eigenvalue weighted by molar-refractivity contribution is 7.09. The van der Waals surface area contributed by atoms with E-state index in [1.165, 1.54) is 0 Å². The number of morpholine rings is 1. The number of rotatable bonds is 3. The summed E-state index contributed by atoms with van der Waals surface area (Å²) >= 11 is 1.55. The summed E-state index contributed by atoms with van der Waals surface area (Å²) in [6.45, 7) is 3.43. The Morgan fingerprint density at radius 3 is 3.09 bits per heavy atom. The number of thiazole rings is 1. The molecular weight excluding hydrogens is 316 g/mol. The minimum absolute atomic E-state index is 0.136. The number of amides is 2. The molecule has 1 aliphatic carbocycles. The number of carbonyl (C=O) groups is 1. The molecule has 122 valence electrons. The van der Waals surface area contributed by atoms with Crippen LogP contribution in [0.5, 0.6) is 0 Å². The summed E-state index contributed by atoms with van der Waals surface area (Å²) in [6.07, 6.45) is 3.80. The average Bonchev–Trinajstić information content (AvgIpc) is 3.13. The molecule has 8 heteroatoms. The molecule has 0 spiro atoms. The first kappa shape index (κ1) is 14.6. The average molecular weight is 334 g/mol. The lowest BCUT2D eigenvalue weighted by Gasteiger charge is -2.32. The van der Waals surface area contributed by atoms with Gasteiger partial charge in [0.15, 0.2) is 5.76 Å². The Kier molecular flexibility index (Phi) is 3.78. The van der Waals surface area contributed by atoms with E-state index < -0.39 is 0 Å². The molecule has 0 radical (unpaired) electrons. The largest absolute Gasteiger partial charge is 0.367 e. The minimum atomic E-state index is -0.152. The highest BCUT2D eigenvalue weighted by atomic mass is 32.1. The van der Waals surface area contributed by atoms with Crippen molar-refractivity contribution in [2.24, 2.45) is 0 Å². The summed E-state index contributed by atoms with van der Waals surface area (Å²) in [5.74, 6) is 1.21. The van der Waals surface area contributed by atoms with E-state index in [4.69, 9.17) is 9.26 Å². The van der Waals surface area contributed by atoms with Crippen LogP contribution in [0.2, 0.25) is 0 Å². The number of hydrogen-bond donors (Lipinski definition) is 1. The van der Waals surface area contributed by atoms with Crippen molar-refractivity contribution < 1.29 is 14.1 Å². The van der Waals surface area contributed by atoms with Gasteiger partial charge in [-0.05, 0) is 19.8 Å². The molecule has 2 aliphatic rings. The van der Waals surface area contributed by atoms with Crippen LogP contribution < -0.4 is 5.32 Å². The third kappa shape index (κ3) is 2.96. The number of carbonyl (C=O) groups excluding carboxylic acids is 1. The maximum Gasteiger partial charge on any atom is 0.322 e. The Balaban J connectivity index is 1.45. The fourth-order valence-corrected chi connectivity index (χ4v) is 3.40. The van der Waals surface area contributed by atoms with Crippen LogP contribution in [0.15, 0.2) is 16.1 Å². The van der Waals surface area contributed by atoms with Gasteiger partial charge in [0.1, 0.15) is 22.5 Å². The highest BCUT2D eigenvalue weighted by Crippen LogP contribution is 2.44. The summed E-state index contributed by atoms with van der Waals surface area (Å²) < 4.78 is 11.1. The quantitative estimate of drug-likeness (QED) is 0.933. The first-order chi connectivity index (χ1) is 11.2. The fourth-order valence-electron chi connectivity index (χ4n) is 2.73. The topological polar surface area (TPSA) is 80.5 Å². The van der Waals surface area contributed by atoms with Crippen molar-refractivity contribution in [1.29, 1.82) is 0 Å². The number of urea groups is 1. The summed E-state index contributed by atoms with van der Waals surface area (Å²) in [5, 5.41) is 9.79. The van der Waals surface area contributed by atoms with E-state index in [0.29, 0.717) is 25.6 Å². The molecule has 1 saturated carbocycles. The third-order valence-electron chi connectivity index (χ3n) is 4.15. The monoisotopic (exact) mass is 334 g/mol. The van der Waals surface area contributed by atoms with Crippen LogP contribution in [0.3, 0.4) is 0 Å². The normalized spacial score (nSPS) is 21.4. The lowest BCUT2D eigenvalue weighted by molar-refractivity contribution is -0.0136. The van der Waals surface area contributed by atoms with Crippen molar-refractivity contribution in [2.75, 3.05) is 25.0 Å². The van der Waals surface area contributed by atoms with E-state index in [1.54, 1.807) is 22.4 Å².